The molecule has 7 heteroatoms. The van der Waals surface area contributed by atoms with Gasteiger partial charge in [0.05, 0.1) is 5.92 Å². The van der Waals surface area contributed by atoms with Crippen molar-refractivity contribution >= 4 is 35.0 Å². The van der Waals surface area contributed by atoms with Crippen molar-refractivity contribution in [1.29, 1.82) is 0 Å². The van der Waals surface area contributed by atoms with E-state index in [1.165, 1.54) is 0 Å². The number of hydrogen-bond donors (Lipinski definition) is 2. The van der Waals surface area contributed by atoms with E-state index >= 15 is 0 Å². The van der Waals surface area contributed by atoms with Gasteiger partial charge in [0.25, 0.3) is 11.8 Å². The molecule has 0 spiro atoms. The number of anilines is 1. The van der Waals surface area contributed by atoms with Gasteiger partial charge in [-0.25, -0.2) is 0 Å². The zero-order valence-electron chi connectivity index (χ0n) is 15.6. The van der Waals surface area contributed by atoms with Crippen molar-refractivity contribution in [2.45, 2.75) is 12.8 Å². The summed E-state index contributed by atoms with van der Waals surface area (Å²) in [6, 6.07) is 13.5. The van der Waals surface area contributed by atoms with Gasteiger partial charge in [0.2, 0.25) is 5.91 Å². The molecule has 6 nitrogen and oxygen atoms in total. The Morgan fingerprint density at radius 1 is 1.00 bits per heavy atom. The van der Waals surface area contributed by atoms with Gasteiger partial charge in [-0.1, -0.05) is 11.6 Å². The molecule has 0 aromatic heterocycles. The van der Waals surface area contributed by atoms with Crippen LogP contribution in [0.5, 0.6) is 0 Å². The maximum Gasteiger partial charge on any atom is 0.253 e. The predicted octanol–water partition coefficient (Wildman–Crippen LogP) is 3.19. The summed E-state index contributed by atoms with van der Waals surface area (Å²) < 4.78 is 0. The molecule has 2 aromatic rings. The molecule has 1 aliphatic heterocycles. The molecular formula is C21H22ClN3O3. The number of carbonyl (C=O) groups excluding carboxylic acids is 3. The summed E-state index contributed by atoms with van der Waals surface area (Å²) in [7, 11) is 1.57. The van der Waals surface area contributed by atoms with Gasteiger partial charge >= 0.3 is 0 Å². The van der Waals surface area contributed by atoms with Crippen LogP contribution in [0.15, 0.2) is 48.5 Å². The lowest BCUT2D eigenvalue weighted by Gasteiger charge is -2.32. The van der Waals surface area contributed by atoms with Gasteiger partial charge in [0, 0.05) is 42.0 Å². The van der Waals surface area contributed by atoms with Crippen LogP contribution >= 0.6 is 11.6 Å². The molecule has 1 heterocycles. The number of likely N-dealkylation sites (tertiary alicyclic amines) is 1. The Kier molecular flexibility index (Phi) is 6.31. The highest BCUT2D eigenvalue weighted by atomic mass is 35.5. The molecule has 28 heavy (non-hydrogen) atoms. The minimum absolute atomic E-state index is 0.0934. The lowest BCUT2D eigenvalue weighted by atomic mass is 9.96. The first-order valence-electron chi connectivity index (χ1n) is 9.16. The fourth-order valence-corrected chi connectivity index (χ4v) is 3.37. The molecule has 2 aromatic carbocycles. The van der Waals surface area contributed by atoms with Crippen molar-refractivity contribution in [3.8, 4) is 0 Å². The molecular weight excluding hydrogens is 378 g/mol. The lowest BCUT2D eigenvalue weighted by Crippen LogP contribution is -2.43. The van der Waals surface area contributed by atoms with E-state index < -0.39 is 0 Å². The number of nitrogens with one attached hydrogen (secondary N) is 2. The van der Waals surface area contributed by atoms with E-state index in [0.29, 0.717) is 34.9 Å². The Balaban J connectivity index is 1.61. The van der Waals surface area contributed by atoms with Crippen molar-refractivity contribution in [3.05, 3.63) is 64.7 Å². The summed E-state index contributed by atoms with van der Waals surface area (Å²) in [6.07, 6.45) is 1.50. The van der Waals surface area contributed by atoms with Gasteiger partial charge in [-0.2, -0.15) is 0 Å². The Labute approximate surface area is 168 Å². The van der Waals surface area contributed by atoms with Crippen LogP contribution in [0.2, 0.25) is 5.02 Å². The number of halogens is 1. The number of piperidine rings is 1. The topological polar surface area (TPSA) is 78.5 Å². The average Bonchev–Trinajstić information content (AvgIpc) is 2.74. The van der Waals surface area contributed by atoms with Crippen molar-refractivity contribution in [3.63, 3.8) is 0 Å². The van der Waals surface area contributed by atoms with E-state index in [4.69, 9.17) is 11.6 Å². The Hall–Kier alpha value is -2.86. The van der Waals surface area contributed by atoms with Crippen molar-refractivity contribution in [1.82, 2.24) is 10.2 Å². The number of rotatable bonds is 4. The second kappa shape index (κ2) is 8.89. The van der Waals surface area contributed by atoms with E-state index in [0.717, 1.165) is 12.8 Å². The van der Waals surface area contributed by atoms with Crippen LogP contribution in [0.3, 0.4) is 0 Å². The van der Waals surface area contributed by atoms with Crippen LogP contribution in [0.4, 0.5) is 5.69 Å². The third-order valence-corrected chi connectivity index (χ3v) is 5.06. The third-order valence-electron chi connectivity index (χ3n) is 4.81. The van der Waals surface area contributed by atoms with Crippen LogP contribution in [0.1, 0.15) is 33.6 Å². The molecule has 1 aliphatic rings. The first kappa shape index (κ1) is 19.9. The highest BCUT2D eigenvalue weighted by molar-refractivity contribution is 6.30. The maximum absolute atomic E-state index is 12.7. The molecule has 0 aliphatic carbocycles. The Morgan fingerprint density at radius 3 is 2.29 bits per heavy atom. The molecule has 1 fully saturated rings. The molecule has 1 atom stereocenters. The number of hydrogen-bond acceptors (Lipinski definition) is 3. The quantitative estimate of drug-likeness (QED) is 0.828. The molecule has 1 saturated heterocycles. The van der Waals surface area contributed by atoms with Gasteiger partial charge in [-0.3, -0.25) is 14.4 Å². The fraction of sp³-hybridized carbons (Fsp3) is 0.286. The van der Waals surface area contributed by atoms with Crippen molar-refractivity contribution in [2.75, 3.05) is 25.5 Å². The first-order valence-corrected chi connectivity index (χ1v) is 9.53. The number of nitrogens with zero attached hydrogens (tertiary/aromatic N) is 1. The molecule has 3 amide bonds. The van der Waals surface area contributed by atoms with Crippen molar-refractivity contribution < 1.29 is 14.4 Å². The average molecular weight is 400 g/mol. The summed E-state index contributed by atoms with van der Waals surface area (Å²) >= 11 is 5.88. The van der Waals surface area contributed by atoms with E-state index in [1.54, 1.807) is 60.5 Å². The van der Waals surface area contributed by atoms with Crippen LogP contribution in [0.25, 0.3) is 0 Å². The van der Waals surface area contributed by atoms with Gasteiger partial charge in [-0.15, -0.1) is 0 Å². The monoisotopic (exact) mass is 399 g/mol. The smallest absolute Gasteiger partial charge is 0.253 e. The molecule has 3 rings (SSSR count). The molecule has 2 N–H and O–H groups in total. The Bertz CT molecular complexity index is 865. The van der Waals surface area contributed by atoms with E-state index in [9.17, 15) is 14.4 Å². The second-order valence-corrected chi connectivity index (χ2v) is 7.18. The van der Waals surface area contributed by atoms with Gasteiger partial charge in [0.15, 0.2) is 0 Å². The third kappa shape index (κ3) is 4.70. The molecule has 1 unspecified atom stereocenters. The SMILES string of the molecule is CNC(=O)c1ccc(NC(=O)C2CCCN(C(=O)c3ccc(Cl)cc3)C2)cc1. The van der Waals surface area contributed by atoms with E-state index in [-0.39, 0.29) is 23.6 Å². The van der Waals surface area contributed by atoms with E-state index in [2.05, 4.69) is 10.6 Å². The normalized spacial score (nSPS) is 16.4. The summed E-state index contributed by atoms with van der Waals surface area (Å²) in [4.78, 5) is 38.6. The number of benzene rings is 2. The summed E-state index contributed by atoms with van der Waals surface area (Å²) in [5.74, 6) is -0.671. The summed E-state index contributed by atoms with van der Waals surface area (Å²) in [5.41, 5.74) is 1.71. The van der Waals surface area contributed by atoms with E-state index in [1.807, 2.05) is 0 Å². The van der Waals surface area contributed by atoms with Gasteiger partial charge < -0.3 is 15.5 Å². The van der Waals surface area contributed by atoms with Crippen molar-refractivity contribution in [2.24, 2.45) is 5.92 Å². The molecule has 0 bridgehead atoms. The van der Waals surface area contributed by atoms with Crippen LogP contribution in [0, 0.1) is 5.92 Å². The first-order chi connectivity index (χ1) is 13.5. The second-order valence-electron chi connectivity index (χ2n) is 6.74. The van der Waals surface area contributed by atoms with Gasteiger partial charge in [0.1, 0.15) is 0 Å². The highest BCUT2D eigenvalue weighted by Crippen LogP contribution is 2.21. The fourth-order valence-electron chi connectivity index (χ4n) is 3.24. The highest BCUT2D eigenvalue weighted by Gasteiger charge is 2.29. The zero-order valence-corrected chi connectivity index (χ0v) is 16.3. The summed E-state index contributed by atoms with van der Waals surface area (Å²) in [5, 5.41) is 6.01. The maximum atomic E-state index is 12.7. The zero-order chi connectivity index (χ0) is 20.1. The standard InChI is InChI=1S/C21H22ClN3O3/c1-23-19(26)14-6-10-18(11-7-14)24-20(27)16-3-2-12-25(13-16)21(28)15-4-8-17(22)9-5-15/h4-11,16H,2-3,12-13H2,1H3,(H,23,26)(H,24,27). The summed E-state index contributed by atoms with van der Waals surface area (Å²) in [6.45, 7) is 1.01. The minimum Gasteiger partial charge on any atom is -0.355 e. The molecule has 146 valence electrons. The van der Waals surface area contributed by atoms with Crippen LogP contribution in [-0.4, -0.2) is 42.8 Å². The number of amides is 3. The number of carbonyl (C=O) groups is 3. The largest absolute Gasteiger partial charge is 0.355 e. The predicted molar refractivity (Wildman–Crippen MR) is 109 cm³/mol. The van der Waals surface area contributed by atoms with Crippen LogP contribution in [-0.2, 0) is 4.79 Å². The Morgan fingerprint density at radius 2 is 1.64 bits per heavy atom. The molecule has 0 radical (unpaired) electrons. The van der Waals surface area contributed by atoms with Gasteiger partial charge in [-0.05, 0) is 61.4 Å². The molecule has 0 saturated carbocycles. The lowest BCUT2D eigenvalue weighted by molar-refractivity contribution is -0.121. The van der Waals surface area contributed by atoms with Crippen LogP contribution < -0.4 is 10.6 Å². The minimum atomic E-state index is -0.274.